The number of nitrogens with two attached hydrogens (primary N) is 1. The average molecular weight is 210 g/mol. The fourth-order valence-corrected chi connectivity index (χ4v) is 0.937. The molecule has 2 nitrogen and oxygen atoms in total. The first kappa shape index (κ1) is 10.9. The molecule has 6 heteroatoms. The zero-order chi connectivity index (χ0) is 10.8. The predicted molar refractivity (Wildman–Crippen MR) is 40.0 cm³/mol. The van der Waals surface area contributed by atoms with Gasteiger partial charge in [0.1, 0.15) is 0 Å². The first-order chi connectivity index (χ1) is 6.45. The van der Waals surface area contributed by atoms with Gasteiger partial charge in [-0.1, -0.05) is 0 Å². The van der Waals surface area contributed by atoms with Crippen LogP contribution in [0.3, 0.4) is 0 Å². The van der Waals surface area contributed by atoms with Gasteiger partial charge in [-0.25, -0.2) is 9.23 Å². The Kier molecular flexibility index (Phi) is 3.07. The molecule has 0 aromatic heterocycles. The lowest BCUT2D eigenvalue weighted by Crippen LogP contribution is -2.76. The van der Waals surface area contributed by atoms with Crippen molar-refractivity contribution in [3.05, 3.63) is 29.6 Å². The summed E-state index contributed by atoms with van der Waals surface area (Å²) >= 11 is 0. The molecule has 0 fully saturated rings. The van der Waals surface area contributed by atoms with Gasteiger partial charge in [0.05, 0.1) is 12.7 Å². The van der Waals surface area contributed by atoms with E-state index in [2.05, 4.69) is 4.84 Å². The minimum Gasteiger partial charge on any atom is -0.204 e. The summed E-state index contributed by atoms with van der Waals surface area (Å²) in [7, 11) is 1.24. The summed E-state index contributed by atoms with van der Waals surface area (Å²) in [5.41, 5.74) is -0.200. The highest BCUT2D eigenvalue weighted by atomic mass is 19.4. The van der Waals surface area contributed by atoms with E-state index in [-0.39, 0.29) is 5.69 Å². The zero-order valence-corrected chi connectivity index (χ0v) is 7.23. The number of hydrogen-bond acceptors (Lipinski definition) is 1. The number of benzene rings is 1. The van der Waals surface area contributed by atoms with Crippen LogP contribution >= 0.6 is 0 Å². The minimum absolute atomic E-state index is 0.220. The minimum atomic E-state index is -4.47. The molecule has 0 aliphatic heterocycles. The van der Waals surface area contributed by atoms with Crippen LogP contribution in [0, 0.1) is 5.82 Å². The quantitative estimate of drug-likeness (QED) is 0.448. The van der Waals surface area contributed by atoms with Gasteiger partial charge in [-0.2, -0.15) is 18.7 Å². The predicted octanol–water partition coefficient (Wildman–Crippen LogP) is 1.60. The molecule has 0 amide bonds. The van der Waals surface area contributed by atoms with Crippen LogP contribution in [0.15, 0.2) is 18.2 Å². The number of quaternary nitrogens is 1. The Morgan fingerprint density at radius 3 is 2.43 bits per heavy atom. The number of halogens is 4. The molecule has 1 aromatic carbocycles. The molecular formula is C8H8F4NO+. The van der Waals surface area contributed by atoms with Crippen molar-refractivity contribution in [3.8, 4) is 0 Å². The van der Waals surface area contributed by atoms with Gasteiger partial charge in [-0.15, -0.1) is 0 Å². The third kappa shape index (κ3) is 2.43. The molecule has 0 saturated carbocycles. The molecule has 0 unspecified atom stereocenters. The average Bonchev–Trinajstić information content (AvgIpc) is 2.07. The molecule has 14 heavy (non-hydrogen) atoms. The Balaban J connectivity index is 3.06. The van der Waals surface area contributed by atoms with Crippen molar-refractivity contribution < 1.29 is 27.9 Å². The maximum atomic E-state index is 12.9. The molecular weight excluding hydrogens is 202 g/mol. The van der Waals surface area contributed by atoms with Crippen LogP contribution in [0.4, 0.5) is 23.2 Å². The lowest BCUT2D eigenvalue weighted by Gasteiger charge is -2.06. The van der Waals surface area contributed by atoms with E-state index < -0.39 is 17.6 Å². The summed E-state index contributed by atoms with van der Waals surface area (Å²) in [6.07, 6.45) is -4.47. The second-order valence-corrected chi connectivity index (χ2v) is 2.59. The molecule has 0 radical (unpaired) electrons. The van der Waals surface area contributed by atoms with Gasteiger partial charge in [0, 0.05) is 6.07 Å². The molecule has 0 heterocycles. The largest absolute Gasteiger partial charge is 0.416 e. The Hall–Kier alpha value is -1.14. The zero-order valence-electron chi connectivity index (χ0n) is 7.23. The van der Waals surface area contributed by atoms with E-state index in [0.717, 1.165) is 11.5 Å². The van der Waals surface area contributed by atoms with Crippen LogP contribution < -0.4 is 5.48 Å². The lowest BCUT2D eigenvalue weighted by atomic mass is 10.2. The molecule has 1 aromatic rings. The van der Waals surface area contributed by atoms with Gasteiger partial charge >= 0.3 is 6.18 Å². The molecule has 0 aliphatic carbocycles. The van der Waals surface area contributed by atoms with Crippen LogP contribution in [-0.2, 0) is 11.0 Å². The fourth-order valence-electron chi connectivity index (χ4n) is 0.937. The maximum absolute atomic E-state index is 12.9. The number of alkyl halides is 3. The topological polar surface area (TPSA) is 25.8 Å². The Labute approximate surface area is 77.4 Å². The Bertz CT molecular complexity index is 324. The monoisotopic (exact) mass is 210 g/mol. The van der Waals surface area contributed by atoms with Crippen molar-refractivity contribution in [2.45, 2.75) is 6.18 Å². The first-order valence-electron chi connectivity index (χ1n) is 3.68. The van der Waals surface area contributed by atoms with Crippen LogP contribution in [0.25, 0.3) is 0 Å². The number of rotatable bonds is 2. The molecule has 0 atom stereocenters. The standard InChI is InChI=1S/C8H7F4NO/c1-14-13-7-4-5(8(10,11)12)2-3-6(7)9/h2-4,13H,1H3/p+1. The van der Waals surface area contributed by atoms with Crippen molar-refractivity contribution in [1.29, 1.82) is 0 Å². The van der Waals surface area contributed by atoms with E-state index >= 15 is 0 Å². The molecule has 0 saturated heterocycles. The van der Waals surface area contributed by atoms with E-state index in [1.807, 2.05) is 0 Å². The highest BCUT2D eigenvalue weighted by Gasteiger charge is 2.31. The SMILES string of the molecule is CO[NH2+]c1cc(C(F)(F)F)ccc1F. The molecule has 2 N–H and O–H groups in total. The third-order valence-corrected chi connectivity index (χ3v) is 1.57. The van der Waals surface area contributed by atoms with Crippen molar-refractivity contribution in [2.24, 2.45) is 0 Å². The highest BCUT2D eigenvalue weighted by molar-refractivity contribution is 5.36. The van der Waals surface area contributed by atoms with Crippen molar-refractivity contribution in [1.82, 2.24) is 0 Å². The van der Waals surface area contributed by atoms with E-state index in [9.17, 15) is 17.6 Å². The van der Waals surface area contributed by atoms with Crippen LogP contribution in [0.1, 0.15) is 5.56 Å². The van der Waals surface area contributed by atoms with Gasteiger partial charge < -0.3 is 0 Å². The van der Waals surface area contributed by atoms with E-state index in [4.69, 9.17) is 0 Å². The Morgan fingerprint density at radius 1 is 1.29 bits per heavy atom. The number of hydrogen-bond donors (Lipinski definition) is 1. The highest BCUT2D eigenvalue weighted by Crippen LogP contribution is 2.30. The summed E-state index contributed by atoms with van der Waals surface area (Å²) in [6.45, 7) is 0. The Morgan fingerprint density at radius 2 is 1.93 bits per heavy atom. The summed E-state index contributed by atoms with van der Waals surface area (Å²) in [4.78, 5) is 4.44. The maximum Gasteiger partial charge on any atom is 0.416 e. The van der Waals surface area contributed by atoms with Crippen LogP contribution in [-0.4, -0.2) is 7.11 Å². The van der Waals surface area contributed by atoms with Gasteiger partial charge in [0.25, 0.3) is 0 Å². The van der Waals surface area contributed by atoms with E-state index in [0.29, 0.717) is 12.1 Å². The second-order valence-electron chi connectivity index (χ2n) is 2.59. The van der Waals surface area contributed by atoms with Crippen LogP contribution in [0.2, 0.25) is 0 Å². The van der Waals surface area contributed by atoms with Crippen molar-refractivity contribution >= 4 is 5.69 Å². The van der Waals surface area contributed by atoms with E-state index in [1.54, 1.807) is 0 Å². The molecule has 1 rings (SSSR count). The van der Waals surface area contributed by atoms with Crippen molar-refractivity contribution in [2.75, 3.05) is 7.11 Å². The summed E-state index contributed by atoms with van der Waals surface area (Å²) in [5.74, 6) is -0.750. The summed E-state index contributed by atoms with van der Waals surface area (Å²) in [6, 6.07) is 2.13. The summed E-state index contributed by atoms with van der Waals surface area (Å²) in [5, 5.41) is 0. The van der Waals surface area contributed by atoms with Gasteiger partial charge in [0.15, 0.2) is 11.5 Å². The lowest BCUT2D eigenvalue weighted by molar-refractivity contribution is -0.831. The fraction of sp³-hybridized carbons (Fsp3) is 0.250. The van der Waals surface area contributed by atoms with E-state index in [1.165, 1.54) is 7.11 Å². The molecule has 0 spiro atoms. The first-order valence-corrected chi connectivity index (χ1v) is 3.68. The van der Waals surface area contributed by atoms with Crippen molar-refractivity contribution in [3.63, 3.8) is 0 Å². The smallest absolute Gasteiger partial charge is 0.204 e. The van der Waals surface area contributed by atoms with Gasteiger partial charge in [-0.05, 0) is 12.1 Å². The van der Waals surface area contributed by atoms with Crippen LogP contribution in [0.5, 0.6) is 0 Å². The molecule has 78 valence electrons. The van der Waals surface area contributed by atoms with Gasteiger partial charge in [-0.3, -0.25) is 0 Å². The molecule has 0 bridgehead atoms. The molecule has 0 aliphatic rings. The normalized spacial score (nSPS) is 11.8. The second kappa shape index (κ2) is 3.93. The third-order valence-electron chi connectivity index (χ3n) is 1.57. The summed E-state index contributed by atoms with van der Waals surface area (Å²) < 4.78 is 49.4. The van der Waals surface area contributed by atoms with Gasteiger partial charge in [0.2, 0.25) is 0 Å².